The Labute approximate surface area is 126 Å². The smallest absolute Gasteiger partial charge is 0.148 e. The van der Waals surface area contributed by atoms with Gasteiger partial charge in [0.15, 0.2) is 0 Å². The average Bonchev–Trinajstić information content (AvgIpc) is 2.89. The Hall–Kier alpha value is -1.69. The molecule has 0 aliphatic carbocycles. The van der Waals surface area contributed by atoms with Gasteiger partial charge in [-0.1, -0.05) is 13.8 Å². The van der Waals surface area contributed by atoms with Gasteiger partial charge in [0.1, 0.15) is 18.7 Å². The zero-order valence-corrected chi connectivity index (χ0v) is 13.7. The number of hydrogen-bond acceptors (Lipinski definition) is 4. The Morgan fingerprint density at radius 3 is 2.52 bits per heavy atom. The molecule has 116 valence electrons. The van der Waals surface area contributed by atoms with Crippen molar-refractivity contribution in [2.75, 3.05) is 0 Å². The summed E-state index contributed by atoms with van der Waals surface area (Å²) in [4.78, 5) is 4.37. The van der Waals surface area contributed by atoms with Crippen molar-refractivity contribution >= 4 is 0 Å². The highest BCUT2D eigenvalue weighted by atomic mass is 15.4. The molecule has 2 rings (SSSR count). The van der Waals surface area contributed by atoms with Gasteiger partial charge in [0.25, 0.3) is 0 Å². The first-order valence-electron chi connectivity index (χ1n) is 7.53. The number of hydrogen-bond donors (Lipinski definition) is 1. The summed E-state index contributed by atoms with van der Waals surface area (Å²) in [6.07, 6.45) is 2.47. The molecule has 2 aromatic heterocycles. The molecule has 0 fully saturated rings. The molecular weight excluding hydrogens is 264 g/mol. The lowest BCUT2D eigenvalue weighted by atomic mass is 10.1. The molecule has 2 aromatic rings. The van der Waals surface area contributed by atoms with E-state index in [0.717, 1.165) is 24.5 Å². The Morgan fingerprint density at radius 2 is 1.90 bits per heavy atom. The Bertz CT molecular complexity index is 593. The largest absolute Gasteiger partial charge is 0.328 e. The van der Waals surface area contributed by atoms with Crippen molar-refractivity contribution in [2.45, 2.75) is 60.2 Å². The fourth-order valence-electron chi connectivity index (χ4n) is 2.55. The van der Waals surface area contributed by atoms with Gasteiger partial charge in [-0.2, -0.15) is 10.2 Å². The molecule has 0 amide bonds. The summed E-state index contributed by atoms with van der Waals surface area (Å²) in [7, 11) is 0. The normalized spacial score (nSPS) is 13.1. The molecule has 0 aliphatic heterocycles. The predicted molar refractivity (Wildman–Crippen MR) is 83.0 cm³/mol. The van der Waals surface area contributed by atoms with E-state index < -0.39 is 0 Å². The lowest BCUT2D eigenvalue weighted by Gasteiger charge is -2.10. The number of aryl methyl sites for hydroxylation is 1. The van der Waals surface area contributed by atoms with Crippen LogP contribution in [0, 0.1) is 19.8 Å². The lowest BCUT2D eigenvalue weighted by Crippen LogP contribution is -2.19. The fraction of sp³-hybridized carbons (Fsp3) is 0.667. The molecule has 21 heavy (non-hydrogen) atoms. The van der Waals surface area contributed by atoms with E-state index >= 15 is 0 Å². The van der Waals surface area contributed by atoms with E-state index in [4.69, 9.17) is 5.73 Å². The monoisotopic (exact) mass is 290 g/mol. The zero-order valence-electron chi connectivity index (χ0n) is 13.7. The number of nitrogens with zero attached hydrogens (tertiary/aromatic N) is 5. The van der Waals surface area contributed by atoms with Gasteiger partial charge in [-0.3, -0.25) is 4.68 Å². The quantitative estimate of drug-likeness (QED) is 0.878. The second-order valence-electron chi connectivity index (χ2n) is 6.24. The molecule has 0 saturated heterocycles. The SMILES string of the molecule is Cc1nn(Cc2ncnn2CC(C)C)c(C)c1CC(C)N. The van der Waals surface area contributed by atoms with Crippen LogP contribution >= 0.6 is 0 Å². The van der Waals surface area contributed by atoms with Crippen molar-refractivity contribution < 1.29 is 0 Å². The second kappa shape index (κ2) is 6.39. The van der Waals surface area contributed by atoms with Crippen LogP contribution in [-0.4, -0.2) is 30.6 Å². The average molecular weight is 290 g/mol. The van der Waals surface area contributed by atoms with Crippen LogP contribution in [0.25, 0.3) is 0 Å². The van der Waals surface area contributed by atoms with Crippen LogP contribution in [0.2, 0.25) is 0 Å². The topological polar surface area (TPSA) is 74.5 Å². The van der Waals surface area contributed by atoms with Crippen molar-refractivity contribution in [1.29, 1.82) is 0 Å². The third-order valence-corrected chi connectivity index (χ3v) is 3.58. The standard InChI is InChI=1S/C15H26N6/c1-10(2)7-21-15(17-9-18-21)8-20-13(5)14(6-11(3)16)12(4)19-20/h9-11H,6-8,16H2,1-5H3. The Balaban J connectivity index is 2.22. The zero-order chi connectivity index (χ0) is 15.6. The molecule has 0 radical (unpaired) electrons. The van der Waals surface area contributed by atoms with Crippen LogP contribution in [0.4, 0.5) is 0 Å². The Kier molecular flexibility index (Phi) is 4.77. The van der Waals surface area contributed by atoms with Crippen LogP contribution in [0.15, 0.2) is 6.33 Å². The van der Waals surface area contributed by atoms with E-state index in [1.807, 2.05) is 23.2 Å². The van der Waals surface area contributed by atoms with Gasteiger partial charge >= 0.3 is 0 Å². The first-order chi connectivity index (χ1) is 9.88. The van der Waals surface area contributed by atoms with Crippen molar-refractivity contribution in [1.82, 2.24) is 24.5 Å². The third-order valence-electron chi connectivity index (χ3n) is 3.58. The molecule has 1 atom stereocenters. The Morgan fingerprint density at radius 1 is 1.19 bits per heavy atom. The highest BCUT2D eigenvalue weighted by Crippen LogP contribution is 2.16. The van der Waals surface area contributed by atoms with Gasteiger partial charge in [-0.05, 0) is 38.7 Å². The maximum Gasteiger partial charge on any atom is 0.148 e. The van der Waals surface area contributed by atoms with Gasteiger partial charge < -0.3 is 5.73 Å². The molecule has 2 heterocycles. The summed E-state index contributed by atoms with van der Waals surface area (Å²) >= 11 is 0. The lowest BCUT2D eigenvalue weighted by molar-refractivity contribution is 0.455. The maximum atomic E-state index is 5.92. The first kappa shape index (κ1) is 15.7. The highest BCUT2D eigenvalue weighted by Gasteiger charge is 2.15. The summed E-state index contributed by atoms with van der Waals surface area (Å²) in [6.45, 7) is 12.0. The van der Waals surface area contributed by atoms with Crippen molar-refractivity contribution in [3.8, 4) is 0 Å². The van der Waals surface area contributed by atoms with Crippen LogP contribution in [0.3, 0.4) is 0 Å². The molecule has 0 saturated carbocycles. The van der Waals surface area contributed by atoms with Gasteiger partial charge in [0.2, 0.25) is 0 Å². The van der Waals surface area contributed by atoms with Crippen molar-refractivity contribution in [3.05, 3.63) is 29.1 Å². The van der Waals surface area contributed by atoms with Crippen molar-refractivity contribution in [3.63, 3.8) is 0 Å². The van der Waals surface area contributed by atoms with E-state index in [1.54, 1.807) is 6.33 Å². The number of aromatic nitrogens is 5. The molecule has 0 spiro atoms. The maximum absolute atomic E-state index is 5.92. The highest BCUT2D eigenvalue weighted by molar-refractivity contribution is 5.25. The molecule has 0 bridgehead atoms. The fourth-order valence-corrected chi connectivity index (χ4v) is 2.55. The molecule has 0 aromatic carbocycles. The van der Waals surface area contributed by atoms with Crippen LogP contribution in [0.5, 0.6) is 0 Å². The van der Waals surface area contributed by atoms with E-state index in [9.17, 15) is 0 Å². The molecule has 6 nitrogen and oxygen atoms in total. The van der Waals surface area contributed by atoms with Gasteiger partial charge in [-0.25, -0.2) is 9.67 Å². The molecule has 0 aliphatic rings. The summed E-state index contributed by atoms with van der Waals surface area (Å²) in [6, 6.07) is 0.143. The van der Waals surface area contributed by atoms with E-state index in [-0.39, 0.29) is 6.04 Å². The first-order valence-corrected chi connectivity index (χ1v) is 7.53. The van der Waals surface area contributed by atoms with Crippen LogP contribution in [0.1, 0.15) is 43.5 Å². The number of nitrogens with two attached hydrogens (primary N) is 1. The van der Waals surface area contributed by atoms with Crippen LogP contribution < -0.4 is 5.73 Å². The minimum Gasteiger partial charge on any atom is -0.328 e. The third kappa shape index (κ3) is 3.69. The van der Waals surface area contributed by atoms with Gasteiger partial charge in [0.05, 0.1) is 5.69 Å². The summed E-state index contributed by atoms with van der Waals surface area (Å²) < 4.78 is 3.97. The molecule has 2 N–H and O–H groups in total. The van der Waals surface area contributed by atoms with Crippen LogP contribution in [-0.2, 0) is 19.5 Å². The predicted octanol–water partition coefficient (Wildman–Crippen LogP) is 1.69. The molecule has 6 heteroatoms. The van der Waals surface area contributed by atoms with Gasteiger partial charge in [0, 0.05) is 18.3 Å². The summed E-state index contributed by atoms with van der Waals surface area (Å²) in [5.41, 5.74) is 9.40. The minimum absolute atomic E-state index is 0.143. The van der Waals surface area contributed by atoms with E-state index in [0.29, 0.717) is 12.5 Å². The molecular formula is C15H26N6. The summed E-state index contributed by atoms with van der Waals surface area (Å²) in [5, 5.41) is 8.94. The summed E-state index contributed by atoms with van der Waals surface area (Å²) in [5.74, 6) is 1.49. The van der Waals surface area contributed by atoms with E-state index in [1.165, 1.54) is 11.3 Å². The van der Waals surface area contributed by atoms with Gasteiger partial charge in [-0.15, -0.1) is 0 Å². The minimum atomic E-state index is 0.143. The molecule has 1 unspecified atom stereocenters. The second-order valence-corrected chi connectivity index (χ2v) is 6.24. The number of rotatable bonds is 6. The van der Waals surface area contributed by atoms with E-state index in [2.05, 4.69) is 36.0 Å². The van der Waals surface area contributed by atoms with Crippen molar-refractivity contribution in [2.24, 2.45) is 11.7 Å².